The predicted octanol–water partition coefficient (Wildman–Crippen LogP) is 5.00. The quantitative estimate of drug-likeness (QED) is 0.640. The Balaban J connectivity index is 2.01. The maximum absolute atomic E-state index is 10.9. The molecule has 0 aliphatic carbocycles. The van der Waals surface area contributed by atoms with E-state index in [2.05, 4.69) is 5.10 Å². The fourth-order valence-electron chi connectivity index (χ4n) is 2.41. The molecule has 1 N–H and O–H groups in total. The van der Waals surface area contributed by atoms with E-state index in [9.17, 15) is 4.79 Å². The summed E-state index contributed by atoms with van der Waals surface area (Å²) in [5.41, 5.74) is 3.23. The molecule has 1 heterocycles. The molecule has 2 aromatic carbocycles. The first-order chi connectivity index (χ1) is 12.0. The molecule has 1 aromatic heterocycles. The molecule has 0 aliphatic rings. The van der Waals surface area contributed by atoms with Crippen molar-refractivity contribution in [3.8, 4) is 11.3 Å². The van der Waals surface area contributed by atoms with Crippen LogP contribution in [0.4, 0.5) is 0 Å². The van der Waals surface area contributed by atoms with Crippen molar-refractivity contribution >= 4 is 35.2 Å². The van der Waals surface area contributed by atoms with Crippen LogP contribution in [0.5, 0.6) is 0 Å². The summed E-state index contributed by atoms with van der Waals surface area (Å²) in [5.74, 6) is -1.02. The molecule has 3 aromatic rings. The number of halogens is 2. The number of carboxylic acid groups (broad SMARTS) is 1. The first kappa shape index (κ1) is 17.3. The Morgan fingerprint density at radius 2 is 1.88 bits per heavy atom. The number of nitrogens with zero attached hydrogens (tertiary/aromatic N) is 2. The van der Waals surface area contributed by atoms with Crippen LogP contribution in [0.3, 0.4) is 0 Å². The zero-order valence-electron chi connectivity index (χ0n) is 13.1. The molecular formula is C19H14Cl2N2O2. The molecule has 0 bridgehead atoms. The van der Waals surface area contributed by atoms with E-state index in [0.717, 1.165) is 22.9 Å². The summed E-state index contributed by atoms with van der Waals surface area (Å²) in [6.07, 6.45) is 2.61. The number of rotatable bonds is 5. The lowest BCUT2D eigenvalue weighted by molar-refractivity contribution is -0.131. The minimum atomic E-state index is -1.02. The van der Waals surface area contributed by atoms with E-state index >= 15 is 0 Å². The van der Waals surface area contributed by atoms with Crippen LogP contribution in [0.2, 0.25) is 10.0 Å². The highest BCUT2D eigenvalue weighted by atomic mass is 35.5. The maximum Gasteiger partial charge on any atom is 0.328 e. The first-order valence-corrected chi connectivity index (χ1v) is 8.27. The SMILES string of the molecule is O=C(O)/C=C/c1cc(-c2ccccc2)nn1Cc1ccc(Cl)cc1Cl. The minimum Gasteiger partial charge on any atom is -0.478 e. The van der Waals surface area contributed by atoms with E-state index in [0.29, 0.717) is 22.3 Å². The summed E-state index contributed by atoms with van der Waals surface area (Å²) in [5, 5.41) is 14.6. The van der Waals surface area contributed by atoms with Gasteiger partial charge in [-0.1, -0.05) is 59.6 Å². The topological polar surface area (TPSA) is 55.1 Å². The number of aromatic nitrogens is 2. The zero-order valence-corrected chi connectivity index (χ0v) is 14.6. The number of benzene rings is 2. The van der Waals surface area contributed by atoms with Gasteiger partial charge in [0.25, 0.3) is 0 Å². The molecule has 0 radical (unpaired) electrons. The molecule has 0 fully saturated rings. The highest BCUT2D eigenvalue weighted by Crippen LogP contribution is 2.24. The van der Waals surface area contributed by atoms with Crippen LogP contribution in [-0.2, 0) is 11.3 Å². The van der Waals surface area contributed by atoms with Crippen LogP contribution in [0.1, 0.15) is 11.3 Å². The Labute approximate surface area is 154 Å². The molecule has 0 aliphatic heterocycles. The van der Waals surface area contributed by atoms with Crippen molar-refractivity contribution in [2.24, 2.45) is 0 Å². The average Bonchev–Trinajstić information content (AvgIpc) is 2.99. The van der Waals surface area contributed by atoms with Crippen molar-refractivity contribution in [3.63, 3.8) is 0 Å². The van der Waals surface area contributed by atoms with Crippen LogP contribution < -0.4 is 0 Å². The fourth-order valence-corrected chi connectivity index (χ4v) is 2.88. The molecule has 0 saturated carbocycles. The molecule has 25 heavy (non-hydrogen) atoms. The Morgan fingerprint density at radius 3 is 2.56 bits per heavy atom. The second-order valence-electron chi connectivity index (χ2n) is 5.39. The van der Waals surface area contributed by atoms with E-state index < -0.39 is 5.97 Å². The monoisotopic (exact) mass is 372 g/mol. The predicted molar refractivity (Wildman–Crippen MR) is 99.9 cm³/mol. The third-order valence-electron chi connectivity index (χ3n) is 3.61. The molecule has 0 unspecified atom stereocenters. The zero-order chi connectivity index (χ0) is 17.8. The van der Waals surface area contributed by atoms with Crippen molar-refractivity contribution < 1.29 is 9.90 Å². The van der Waals surface area contributed by atoms with E-state index in [1.165, 1.54) is 6.08 Å². The van der Waals surface area contributed by atoms with Gasteiger partial charge in [-0.25, -0.2) is 4.79 Å². The van der Waals surface area contributed by atoms with Crippen molar-refractivity contribution in [1.82, 2.24) is 9.78 Å². The van der Waals surface area contributed by atoms with Crippen LogP contribution in [0, 0.1) is 0 Å². The van der Waals surface area contributed by atoms with Gasteiger partial charge < -0.3 is 5.11 Å². The first-order valence-electron chi connectivity index (χ1n) is 7.51. The average molecular weight is 373 g/mol. The van der Waals surface area contributed by atoms with Crippen LogP contribution in [-0.4, -0.2) is 20.9 Å². The lowest BCUT2D eigenvalue weighted by Crippen LogP contribution is -2.05. The van der Waals surface area contributed by atoms with Crippen LogP contribution in [0.25, 0.3) is 17.3 Å². The summed E-state index contributed by atoms with van der Waals surface area (Å²) in [4.78, 5) is 10.9. The largest absolute Gasteiger partial charge is 0.478 e. The van der Waals surface area contributed by atoms with Gasteiger partial charge in [0.2, 0.25) is 0 Å². The lowest BCUT2D eigenvalue weighted by atomic mass is 10.1. The molecule has 6 heteroatoms. The second-order valence-corrected chi connectivity index (χ2v) is 6.23. The third kappa shape index (κ3) is 4.29. The standard InChI is InChI=1S/C19H14Cl2N2O2/c20-15-7-6-14(17(21)10-15)12-23-16(8-9-19(24)25)11-18(22-23)13-4-2-1-3-5-13/h1-11H,12H2,(H,24,25)/b9-8+. The number of carboxylic acids is 1. The molecule has 4 nitrogen and oxygen atoms in total. The summed E-state index contributed by atoms with van der Waals surface area (Å²) >= 11 is 12.2. The molecule has 0 spiro atoms. The van der Waals surface area contributed by atoms with Crippen molar-refractivity contribution in [1.29, 1.82) is 0 Å². The van der Waals surface area contributed by atoms with E-state index in [4.69, 9.17) is 28.3 Å². The second kappa shape index (κ2) is 7.55. The number of hydrogen-bond acceptors (Lipinski definition) is 2. The Hall–Kier alpha value is -2.56. The van der Waals surface area contributed by atoms with E-state index in [1.54, 1.807) is 16.8 Å². The van der Waals surface area contributed by atoms with Crippen molar-refractivity contribution in [3.05, 3.63) is 82.0 Å². The fraction of sp³-hybridized carbons (Fsp3) is 0.0526. The van der Waals surface area contributed by atoms with E-state index in [-0.39, 0.29) is 0 Å². The van der Waals surface area contributed by atoms with Crippen molar-refractivity contribution in [2.75, 3.05) is 0 Å². The van der Waals surface area contributed by atoms with Gasteiger partial charge in [-0.3, -0.25) is 4.68 Å². The molecule has 126 valence electrons. The number of aliphatic carboxylic acids is 1. The van der Waals surface area contributed by atoms with Gasteiger partial charge in [-0.2, -0.15) is 5.10 Å². The smallest absolute Gasteiger partial charge is 0.328 e. The summed E-state index contributed by atoms with van der Waals surface area (Å²) in [6, 6.07) is 16.8. The van der Waals surface area contributed by atoms with Crippen LogP contribution >= 0.6 is 23.2 Å². The lowest BCUT2D eigenvalue weighted by Gasteiger charge is -2.07. The number of hydrogen-bond donors (Lipinski definition) is 1. The third-order valence-corrected chi connectivity index (χ3v) is 4.20. The van der Waals surface area contributed by atoms with Crippen LogP contribution in [0.15, 0.2) is 60.7 Å². The Kier molecular flexibility index (Phi) is 5.22. The molecule has 0 atom stereocenters. The molecule has 0 saturated heterocycles. The van der Waals surface area contributed by atoms with Gasteiger partial charge in [0, 0.05) is 21.7 Å². The maximum atomic E-state index is 10.9. The Bertz CT molecular complexity index is 934. The molecule has 0 amide bonds. The van der Waals surface area contributed by atoms with Gasteiger partial charge in [0.1, 0.15) is 0 Å². The van der Waals surface area contributed by atoms with Gasteiger partial charge in [-0.15, -0.1) is 0 Å². The normalized spacial score (nSPS) is 11.1. The van der Waals surface area contributed by atoms with Crippen molar-refractivity contribution in [2.45, 2.75) is 6.54 Å². The highest BCUT2D eigenvalue weighted by molar-refractivity contribution is 6.35. The Morgan fingerprint density at radius 1 is 1.12 bits per heavy atom. The molecule has 3 rings (SSSR count). The van der Waals surface area contributed by atoms with Gasteiger partial charge in [-0.05, 0) is 29.8 Å². The summed E-state index contributed by atoms with van der Waals surface area (Å²) in [6.45, 7) is 0.405. The molecular weight excluding hydrogens is 359 g/mol. The van der Waals surface area contributed by atoms with Gasteiger partial charge in [0.15, 0.2) is 0 Å². The van der Waals surface area contributed by atoms with E-state index in [1.807, 2.05) is 42.5 Å². The number of carbonyl (C=O) groups is 1. The summed E-state index contributed by atoms with van der Waals surface area (Å²) < 4.78 is 1.72. The summed E-state index contributed by atoms with van der Waals surface area (Å²) in [7, 11) is 0. The van der Waals surface area contributed by atoms with Gasteiger partial charge in [0.05, 0.1) is 17.9 Å². The highest BCUT2D eigenvalue weighted by Gasteiger charge is 2.10. The minimum absolute atomic E-state index is 0.405. The van der Waals surface area contributed by atoms with Gasteiger partial charge >= 0.3 is 5.97 Å².